The number of rotatable bonds is 2. The zero-order valence-corrected chi connectivity index (χ0v) is 7.92. The van der Waals surface area contributed by atoms with Gasteiger partial charge in [0.15, 0.2) is 0 Å². The standard InChI is InChI=1S/C10H19NO/c1-11-6-3-9(7-11)10(8-12)4-2-5-10/h9,12H,2-8H2,1H3. The Kier molecular flexibility index (Phi) is 2.13. The van der Waals surface area contributed by atoms with Gasteiger partial charge in [0.2, 0.25) is 0 Å². The summed E-state index contributed by atoms with van der Waals surface area (Å²) in [7, 11) is 2.18. The topological polar surface area (TPSA) is 23.5 Å². The molecule has 2 rings (SSSR count). The maximum Gasteiger partial charge on any atom is 0.0490 e. The van der Waals surface area contributed by atoms with E-state index in [1.54, 1.807) is 0 Å². The molecule has 0 radical (unpaired) electrons. The number of aliphatic hydroxyl groups is 1. The summed E-state index contributed by atoms with van der Waals surface area (Å²) < 4.78 is 0. The molecule has 0 aromatic rings. The largest absolute Gasteiger partial charge is 0.396 e. The third-order valence-electron chi connectivity index (χ3n) is 3.92. The van der Waals surface area contributed by atoms with Crippen molar-refractivity contribution in [3.05, 3.63) is 0 Å². The number of nitrogens with zero attached hydrogens (tertiary/aromatic N) is 1. The second-order valence-electron chi connectivity index (χ2n) is 4.62. The van der Waals surface area contributed by atoms with E-state index in [-0.39, 0.29) is 0 Å². The molecule has 2 fully saturated rings. The summed E-state index contributed by atoms with van der Waals surface area (Å²) in [5.74, 6) is 0.779. The van der Waals surface area contributed by atoms with Gasteiger partial charge >= 0.3 is 0 Å². The van der Waals surface area contributed by atoms with Crippen molar-refractivity contribution in [1.82, 2.24) is 4.90 Å². The summed E-state index contributed by atoms with van der Waals surface area (Å²) in [5.41, 5.74) is 0.338. The van der Waals surface area contributed by atoms with Crippen molar-refractivity contribution in [1.29, 1.82) is 0 Å². The quantitative estimate of drug-likeness (QED) is 0.669. The van der Waals surface area contributed by atoms with Crippen molar-refractivity contribution in [3.63, 3.8) is 0 Å². The minimum atomic E-state index is 0.338. The number of hydrogen-bond donors (Lipinski definition) is 1. The maximum atomic E-state index is 9.36. The highest BCUT2D eigenvalue weighted by atomic mass is 16.3. The molecule has 0 bridgehead atoms. The molecule has 0 aromatic heterocycles. The van der Waals surface area contributed by atoms with Crippen LogP contribution in [-0.4, -0.2) is 36.8 Å². The fraction of sp³-hybridized carbons (Fsp3) is 1.00. The molecule has 1 unspecified atom stereocenters. The lowest BCUT2D eigenvalue weighted by Gasteiger charge is -2.45. The number of hydrogen-bond acceptors (Lipinski definition) is 2. The van der Waals surface area contributed by atoms with E-state index in [0.717, 1.165) is 5.92 Å². The van der Waals surface area contributed by atoms with Gasteiger partial charge in [0, 0.05) is 13.2 Å². The predicted octanol–water partition coefficient (Wildman–Crippen LogP) is 1.10. The van der Waals surface area contributed by atoms with Crippen molar-refractivity contribution in [3.8, 4) is 0 Å². The fourth-order valence-corrected chi connectivity index (χ4v) is 2.76. The van der Waals surface area contributed by atoms with Crippen LogP contribution >= 0.6 is 0 Å². The Labute approximate surface area is 74.6 Å². The molecule has 12 heavy (non-hydrogen) atoms. The Balaban J connectivity index is 1.98. The molecule has 1 saturated heterocycles. The van der Waals surface area contributed by atoms with E-state index >= 15 is 0 Å². The minimum Gasteiger partial charge on any atom is -0.396 e. The first-order chi connectivity index (χ1) is 5.77. The molecule has 70 valence electrons. The molecule has 1 N–H and O–H groups in total. The van der Waals surface area contributed by atoms with Gasteiger partial charge in [0.1, 0.15) is 0 Å². The van der Waals surface area contributed by atoms with Gasteiger partial charge in [-0.2, -0.15) is 0 Å². The Morgan fingerprint density at radius 3 is 2.58 bits per heavy atom. The smallest absolute Gasteiger partial charge is 0.0490 e. The van der Waals surface area contributed by atoms with Crippen molar-refractivity contribution >= 4 is 0 Å². The highest BCUT2D eigenvalue weighted by Crippen LogP contribution is 2.49. The van der Waals surface area contributed by atoms with Gasteiger partial charge in [0.05, 0.1) is 0 Å². The molecule has 2 heteroatoms. The summed E-state index contributed by atoms with van der Waals surface area (Å²) in [5, 5.41) is 9.36. The van der Waals surface area contributed by atoms with Crippen LogP contribution in [0.25, 0.3) is 0 Å². The number of aliphatic hydroxyl groups excluding tert-OH is 1. The molecule has 1 heterocycles. The van der Waals surface area contributed by atoms with Crippen LogP contribution in [0.4, 0.5) is 0 Å². The lowest BCUT2D eigenvalue weighted by atomic mass is 9.61. The molecule has 2 aliphatic rings. The van der Waals surface area contributed by atoms with E-state index in [1.165, 1.54) is 38.8 Å². The van der Waals surface area contributed by atoms with Crippen molar-refractivity contribution < 1.29 is 5.11 Å². The molecule has 1 atom stereocenters. The van der Waals surface area contributed by atoms with E-state index < -0.39 is 0 Å². The van der Waals surface area contributed by atoms with Gasteiger partial charge in [0.25, 0.3) is 0 Å². The van der Waals surface area contributed by atoms with Gasteiger partial charge in [-0.3, -0.25) is 0 Å². The second kappa shape index (κ2) is 3.00. The zero-order valence-electron chi connectivity index (χ0n) is 7.92. The second-order valence-corrected chi connectivity index (χ2v) is 4.62. The number of likely N-dealkylation sites (tertiary alicyclic amines) is 1. The SMILES string of the molecule is CN1CCC(C2(CO)CCC2)C1. The first-order valence-electron chi connectivity index (χ1n) is 5.06. The third kappa shape index (κ3) is 1.17. The highest BCUT2D eigenvalue weighted by Gasteiger charge is 2.45. The van der Waals surface area contributed by atoms with Crippen molar-refractivity contribution in [2.75, 3.05) is 26.7 Å². The summed E-state index contributed by atoms with van der Waals surface area (Å²) in [6.45, 7) is 2.86. The fourth-order valence-electron chi connectivity index (χ4n) is 2.76. The predicted molar refractivity (Wildman–Crippen MR) is 49.0 cm³/mol. The maximum absolute atomic E-state index is 9.36. The van der Waals surface area contributed by atoms with E-state index in [4.69, 9.17) is 0 Å². The highest BCUT2D eigenvalue weighted by molar-refractivity contribution is 4.96. The molecule has 1 saturated carbocycles. The Hall–Kier alpha value is -0.0800. The van der Waals surface area contributed by atoms with Crippen molar-refractivity contribution in [2.45, 2.75) is 25.7 Å². The summed E-state index contributed by atoms with van der Waals surface area (Å²) >= 11 is 0. The van der Waals surface area contributed by atoms with Crippen LogP contribution in [0.15, 0.2) is 0 Å². The average Bonchev–Trinajstić information content (AvgIpc) is 2.35. The van der Waals surface area contributed by atoms with Crippen LogP contribution in [0.5, 0.6) is 0 Å². The lowest BCUT2D eigenvalue weighted by Crippen LogP contribution is -2.41. The van der Waals surface area contributed by atoms with Crippen LogP contribution in [-0.2, 0) is 0 Å². The first-order valence-corrected chi connectivity index (χ1v) is 5.06. The van der Waals surface area contributed by atoms with Crippen LogP contribution < -0.4 is 0 Å². The first kappa shape index (κ1) is 8.52. The minimum absolute atomic E-state index is 0.338. The Morgan fingerprint density at radius 2 is 2.25 bits per heavy atom. The Morgan fingerprint density at radius 1 is 1.50 bits per heavy atom. The van der Waals surface area contributed by atoms with E-state index in [0.29, 0.717) is 12.0 Å². The summed E-state index contributed by atoms with van der Waals surface area (Å²) in [6, 6.07) is 0. The van der Waals surface area contributed by atoms with E-state index in [9.17, 15) is 5.11 Å². The molecule has 0 aromatic carbocycles. The lowest BCUT2D eigenvalue weighted by molar-refractivity contribution is -0.00908. The van der Waals surface area contributed by atoms with Crippen LogP contribution in [0, 0.1) is 11.3 Å². The van der Waals surface area contributed by atoms with Gasteiger partial charge in [-0.1, -0.05) is 6.42 Å². The third-order valence-corrected chi connectivity index (χ3v) is 3.92. The summed E-state index contributed by atoms with van der Waals surface area (Å²) in [6.07, 6.45) is 5.17. The average molecular weight is 169 g/mol. The van der Waals surface area contributed by atoms with Crippen LogP contribution in [0.3, 0.4) is 0 Å². The summed E-state index contributed by atoms with van der Waals surface area (Å²) in [4.78, 5) is 2.39. The molecular weight excluding hydrogens is 150 g/mol. The molecule has 1 aliphatic heterocycles. The van der Waals surface area contributed by atoms with Gasteiger partial charge in [-0.05, 0) is 44.2 Å². The van der Waals surface area contributed by atoms with E-state index in [2.05, 4.69) is 11.9 Å². The molecule has 1 aliphatic carbocycles. The normalized spacial score (nSPS) is 35.0. The Bertz CT molecular complexity index is 160. The molecule has 0 spiro atoms. The molecular formula is C10H19NO. The van der Waals surface area contributed by atoms with E-state index in [1.807, 2.05) is 0 Å². The van der Waals surface area contributed by atoms with Crippen LogP contribution in [0.1, 0.15) is 25.7 Å². The molecule has 0 amide bonds. The van der Waals surface area contributed by atoms with Crippen molar-refractivity contribution in [2.24, 2.45) is 11.3 Å². The van der Waals surface area contributed by atoms with Gasteiger partial charge in [-0.25, -0.2) is 0 Å². The van der Waals surface area contributed by atoms with Gasteiger partial charge in [-0.15, -0.1) is 0 Å². The monoisotopic (exact) mass is 169 g/mol. The van der Waals surface area contributed by atoms with Crippen LogP contribution in [0.2, 0.25) is 0 Å². The van der Waals surface area contributed by atoms with Gasteiger partial charge < -0.3 is 10.0 Å². The molecule has 2 nitrogen and oxygen atoms in total. The zero-order chi connectivity index (χ0) is 8.60.